The number of Topliss-reactive ketones (excluding diaryl/α,β-unsaturated/α-hetero) is 1. The molecule has 1 aromatic carbocycles. The van der Waals surface area contributed by atoms with Crippen LogP contribution in [0.2, 0.25) is 0 Å². The molecule has 0 aromatic heterocycles. The average molecular weight is 246 g/mol. The molecule has 4 heteroatoms. The van der Waals surface area contributed by atoms with E-state index in [1.165, 1.54) is 6.92 Å². The van der Waals surface area contributed by atoms with Crippen LogP contribution >= 0.6 is 0 Å². The molecule has 1 N–H and O–H groups in total. The molecule has 0 radical (unpaired) electrons. The topological polar surface area (TPSA) is 49.4 Å². The van der Waals surface area contributed by atoms with Gasteiger partial charge in [0.05, 0.1) is 0 Å². The van der Waals surface area contributed by atoms with E-state index in [1.807, 2.05) is 4.90 Å². The number of hydrogen-bond acceptors (Lipinski definition) is 2. The largest absolute Gasteiger partial charge is 0.322 e. The lowest BCUT2D eigenvalue weighted by atomic mass is 10.1. The Bertz CT molecular complexity index is 471. The summed E-state index contributed by atoms with van der Waals surface area (Å²) in [7, 11) is 0. The second kappa shape index (κ2) is 5.21. The monoisotopic (exact) mass is 246 g/mol. The van der Waals surface area contributed by atoms with E-state index in [1.54, 1.807) is 24.3 Å². The molecular formula is C14H18N2O2. The molecule has 1 aromatic rings. The molecule has 1 heterocycles. The Labute approximate surface area is 107 Å². The number of hydrogen-bond donors (Lipinski definition) is 1. The van der Waals surface area contributed by atoms with Gasteiger partial charge in [-0.3, -0.25) is 4.79 Å². The maximum atomic E-state index is 12.0. The van der Waals surface area contributed by atoms with E-state index in [0.717, 1.165) is 19.4 Å². The third-order valence-corrected chi connectivity index (χ3v) is 3.33. The molecule has 1 aliphatic heterocycles. The summed E-state index contributed by atoms with van der Waals surface area (Å²) in [5.74, 6) is 0.000592. The Balaban J connectivity index is 2.07. The standard InChI is InChI=1S/C14H18N2O2/c1-10-5-4-8-16(10)14(18)15-13-7-3-6-12(9-13)11(2)17/h3,6-7,9-10H,4-5,8H2,1-2H3,(H,15,18). The molecule has 1 saturated heterocycles. The summed E-state index contributed by atoms with van der Waals surface area (Å²) in [6.45, 7) is 4.38. The zero-order valence-corrected chi connectivity index (χ0v) is 10.8. The fourth-order valence-electron chi connectivity index (χ4n) is 2.25. The number of anilines is 1. The third kappa shape index (κ3) is 2.70. The fourth-order valence-corrected chi connectivity index (χ4v) is 2.25. The molecule has 2 rings (SSSR count). The van der Waals surface area contributed by atoms with Gasteiger partial charge in [-0.25, -0.2) is 4.79 Å². The van der Waals surface area contributed by atoms with Crippen molar-refractivity contribution in [1.29, 1.82) is 0 Å². The minimum atomic E-state index is -0.0827. The highest BCUT2D eigenvalue weighted by Crippen LogP contribution is 2.18. The zero-order chi connectivity index (χ0) is 13.1. The molecule has 1 fully saturated rings. The van der Waals surface area contributed by atoms with Crippen LogP contribution in [-0.2, 0) is 0 Å². The Kier molecular flexibility index (Phi) is 3.65. The lowest BCUT2D eigenvalue weighted by Gasteiger charge is -2.21. The second-order valence-electron chi connectivity index (χ2n) is 4.75. The van der Waals surface area contributed by atoms with Gasteiger partial charge in [0.1, 0.15) is 0 Å². The summed E-state index contributed by atoms with van der Waals surface area (Å²) < 4.78 is 0. The number of carbonyl (C=O) groups is 2. The van der Waals surface area contributed by atoms with E-state index in [9.17, 15) is 9.59 Å². The molecule has 1 atom stereocenters. The first-order chi connectivity index (χ1) is 8.58. The van der Waals surface area contributed by atoms with Crippen molar-refractivity contribution in [1.82, 2.24) is 4.90 Å². The smallest absolute Gasteiger partial charge is 0.322 e. The van der Waals surface area contributed by atoms with Crippen molar-refractivity contribution >= 4 is 17.5 Å². The minimum Gasteiger partial charge on any atom is -0.322 e. The zero-order valence-electron chi connectivity index (χ0n) is 10.8. The minimum absolute atomic E-state index is 0.000592. The maximum absolute atomic E-state index is 12.0. The number of rotatable bonds is 2. The van der Waals surface area contributed by atoms with Gasteiger partial charge in [-0.05, 0) is 38.8 Å². The van der Waals surface area contributed by atoms with Crippen LogP contribution in [0, 0.1) is 0 Å². The Morgan fingerprint density at radius 3 is 2.78 bits per heavy atom. The highest BCUT2D eigenvalue weighted by atomic mass is 16.2. The van der Waals surface area contributed by atoms with Crippen molar-refractivity contribution in [3.05, 3.63) is 29.8 Å². The van der Waals surface area contributed by atoms with E-state index < -0.39 is 0 Å². The van der Waals surface area contributed by atoms with Gasteiger partial charge in [-0.2, -0.15) is 0 Å². The first-order valence-electron chi connectivity index (χ1n) is 6.26. The molecule has 1 aliphatic rings. The van der Waals surface area contributed by atoms with Gasteiger partial charge in [-0.1, -0.05) is 12.1 Å². The average Bonchev–Trinajstić information content (AvgIpc) is 2.76. The van der Waals surface area contributed by atoms with Gasteiger partial charge in [0.25, 0.3) is 0 Å². The molecule has 0 aliphatic carbocycles. The molecule has 0 spiro atoms. The van der Waals surface area contributed by atoms with Gasteiger partial charge in [-0.15, -0.1) is 0 Å². The summed E-state index contributed by atoms with van der Waals surface area (Å²) in [6, 6.07) is 7.24. The number of likely N-dealkylation sites (tertiary alicyclic amines) is 1. The van der Waals surface area contributed by atoms with E-state index >= 15 is 0 Å². The van der Waals surface area contributed by atoms with Crippen LogP contribution < -0.4 is 5.32 Å². The number of amides is 2. The van der Waals surface area contributed by atoms with Gasteiger partial charge in [0, 0.05) is 23.8 Å². The molecule has 0 saturated carbocycles. The van der Waals surface area contributed by atoms with Gasteiger partial charge in [0.2, 0.25) is 0 Å². The maximum Gasteiger partial charge on any atom is 0.322 e. The van der Waals surface area contributed by atoms with Gasteiger partial charge >= 0.3 is 6.03 Å². The first-order valence-corrected chi connectivity index (χ1v) is 6.26. The number of benzene rings is 1. The van der Waals surface area contributed by atoms with E-state index in [4.69, 9.17) is 0 Å². The van der Waals surface area contributed by atoms with Crippen molar-refractivity contribution in [3.8, 4) is 0 Å². The predicted molar refractivity (Wildman–Crippen MR) is 70.9 cm³/mol. The molecule has 4 nitrogen and oxygen atoms in total. The van der Waals surface area contributed by atoms with Crippen molar-refractivity contribution < 1.29 is 9.59 Å². The molecule has 0 bridgehead atoms. The van der Waals surface area contributed by atoms with Crippen LogP contribution in [0.5, 0.6) is 0 Å². The summed E-state index contributed by atoms with van der Waals surface area (Å²) >= 11 is 0. The van der Waals surface area contributed by atoms with E-state index in [0.29, 0.717) is 17.3 Å². The van der Waals surface area contributed by atoms with E-state index in [2.05, 4.69) is 12.2 Å². The van der Waals surface area contributed by atoms with Crippen LogP contribution in [0.15, 0.2) is 24.3 Å². The van der Waals surface area contributed by atoms with Crippen molar-refractivity contribution in [2.45, 2.75) is 32.7 Å². The summed E-state index contributed by atoms with van der Waals surface area (Å²) in [5.41, 5.74) is 1.29. The summed E-state index contributed by atoms with van der Waals surface area (Å²) in [5, 5.41) is 2.84. The van der Waals surface area contributed by atoms with Gasteiger partial charge in [0.15, 0.2) is 5.78 Å². The van der Waals surface area contributed by atoms with Crippen LogP contribution in [0.25, 0.3) is 0 Å². The highest BCUT2D eigenvalue weighted by Gasteiger charge is 2.24. The molecular weight excluding hydrogens is 228 g/mol. The van der Waals surface area contributed by atoms with Crippen LogP contribution in [-0.4, -0.2) is 29.3 Å². The Morgan fingerprint density at radius 2 is 2.17 bits per heavy atom. The summed E-state index contributed by atoms with van der Waals surface area (Å²) in [4.78, 5) is 25.1. The molecule has 1 unspecified atom stereocenters. The molecule has 18 heavy (non-hydrogen) atoms. The van der Waals surface area contributed by atoms with Crippen LogP contribution in [0.4, 0.5) is 10.5 Å². The third-order valence-electron chi connectivity index (χ3n) is 3.33. The number of nitrogens with one attached hydrogen (secondary N) is 1. The first kappa shape index (κ1) is 12.6. The lowest BCUT2D eigenvalue weighted by molar-refractivity contribution is 0.101. The van der Waals surface area contributed by atoms with Crippen molar-refractivity contribution in [3.63, 3.8) is 0 Å². The number of ketones is 1. The predicted octanol–water partition coefficient (Wildman–Crippen LogP) is 2.91. The second-order valence-corrected chi connectivity index (χ2v) is 4.75. The Morgan fingerprint density at radius 1 is 1.39 bits per heavy atom. The quantitative estimate of drug-likeness (QED) is 0.816. The molecule has 96 valence electrons. The highest BCUT2D eigenvalue weighted by molar-refractivity contribution is 5.96. The Hall–Kier alpha value is -1.84. The molecule has 2 amide bonds. The summed E-state index contributed by atoms with van der Waals surface area (Å²) in [6.07, 6.45) is 2.11. The van der Waals surface area contributed by atoms with Crippen molar-refractivity contribution in [2.75, 3.05) is 11.9 Å². The van der Waals surface area contributed by atoms with Crippen molar-refractivity contribution in [2.24, 2.45) is 0 Å². The number of nitrogens with zero attached hydrogens (tertiary/aromatic N) is 1. The number of carbonyl (C=O) groups excluding carboxylic acids is 2. The number of urea groups is 1. The van der Waals surface area contributed by atoms with Crippen LogP contribution in [0.1, 0.15) is 37.0 Å². The van der Waals surface area contributed by atoms with Crippen LogP contribution in [0.3, 0.4) is 0 Å². The van der Waals surface area contributed by atoms with Gasteiger partial charge < -0.3 is 10.2 Å². The lowest BCUT2D eigenvalue weighted by Crippen LogP contribution is -2.37. The fraction of sp³-hybridized carbons (Fsp3) is 0.429. The van der Waals surface area contributed by atoms with E-state index in [-0.39, 0.29) is 11.8 Å². The SMILES string of the molecule is CC(=O)c1cccc(NC(=O)N2CCCC2C)c1. The normalized spacial score (nSPS) is 18.8.